The Morgan fingerprint density at radius 1 is 1.17 bits per heavy atom. The van der Waals surface area contributed by atoms with Crippen molar-refractivity contribution >= 4 is 0 Å². The van der Waals surface area contributed by atoms with Gasteiger partial charge in [-0.3, -0.25) is 0 Å². The van der Waals surface area contributed by atoms with Crippen molar-refractivity contribution in [2.75, 3.05) is 6.61 Å². The van der Waals surface area contributed by atoms with Crippen LogP contribution in [0.15, 0.2) is 23.5 Å². The minimum absolute atomic E-state index is 0.539. The van der Waals surface area contributed by atoms with Crippen LogP contribution >= 0.6 is 0 Å². The van der Waals surface area contributed by atoms with Gasteiger partial charge in [-0.25, -0.2) is 0 Å². The second-order valence-electron chi connectivity index (χ2n) is 3.96. The van der Waals surface area contributed by atoms with Gasteiger partial charge in [0.1, 0.15) is 12.4 Å². The minimum atomic E-state index is 0.539. The normalized spacial score (nSPS) is 18.0. The van der Waals surface area contributed by atoms with Gasteiger partial charge in [-0.15, -0.1) is 0 Å². The van der Waals surface area contributed by atoms with Crippen LogP contribution < -0.4 is 0 Å². The summed E-state index contributed by atoms with van der Waals surface area (Å²) >= 11 is 0. The van der Waals surface area contributed by atoms with Crippen LogP contribution in [0.5, 0.6) is 0 Å². The highest BCUT2D eigenvalue weighted by Crippen LogP contribution is 2.33. The second kappa shape index (κ2) is 3.34. The summed E-state index contributed by atoms with van der Waals surface area (Å²) in [5, 5.41) is 0. The molecule has 1 heteroatoms. The van der Waals surface area contributed by atoms with Gasteiger partial charge in [-0.1, -0.05) is 34.3 Å². The maximum atomic E-state index is 5.43. The predicted octanol–water partition coefficient (Wildman–Crippen LogP) is 3.14. The SMILES string of the molecule is C=C1OCC(C(C)C)=C1C(C)C. The van der Waals surface area contributed by atoms with E-state index < -0.39 is 0 Å². The lowest BCUT2D eigenvalue weighted by atomic mass is 9.92. The summed E-state index contributed by atoms with van der Waals surface area (Å²) < 4.78 is 5.43. The van der Waals surface area contributed by atoms with E-state index in [2.05, 4.69) is 34.3 Å². The van der Waals surface area contributed by atoms with E-state index in [1.807, 2.05) is 0 Å². The Labute approximate surface area is 75.1 Å². The van der Waals surface area contributed by atoms with Crippen LogP contribution in [0.25, 0.3) is 0 Å². The molecule has 1 nitrogen and oxygen atoms in total. The van der Waals surface area contributed by atoms with E-state index in [1.54, 1.807) is 0 Å². The third-order valence-corrected chi connectivity index (χ3v) is 2.32. The molecule has 0 aromatic carbocycles. The maximum Gasteiger partial charge on any atom is 0.116 e. The fourth-order valence-corrected chi connectivity index (χ4v) is 1.67. The van der Waals surface area contributed by atoms with E-state index in [1.165, 1.54) is 11.1 Å². The molecule has 12 heavy (non-hydrogen) atoms. The van der Waals surface area contributed by atoms with Crippen molar-refractivity contribution in [3.05, 3.63) is 23.5 Å². The maximum absolute atomic E-state index is 5.43. The zero-order chi connectivity index (χ0) is 9.30. The number of rotatable bonds is 2. The van der Waals surface area contributed by atoms with Crippen LogP contribution in [0.3, 0.4) is 0 Å². The summed E-state index contributed by atoms with van der Waals surface area (Å²) in [4.78, 5) is 0. The smallest absolute Gasteiger partial charge is 0.116 e. The molecular formula is C11H18O. The fourth-order valence-electron chi connectivity index (χ4n) is 1.67. The summed E-state index contributed by atoms with van der Waals surface area (Å²) in [7, 11) is 0. The Morgan fingerprint density at radius 3 is 2.08 bits per heavy atom. The number of allylic oxidation sites excluding steroid dienone is 1. The summed E-state index contributed by atoms with van der Waals surface area (Å²) in [6.07, 6.45) is 0. The number of hydrogen-bond donors (Lipinski definition) is 0. The van der Waals surface area contributed by atoms with Crippen molar-refractivity contribution in [1.29, 1.82) is 0 Å². The van der Waals surface area contributed by atoms with Crippen LogP contribution in [0.1, 0.15) is 27.7 Å². The highest BCUT2D eigenvalue weighted by atomic mass is 16.5. The largest absolute Gasteiger partial charge is 0.490 e. The molecule has 1 rings (SSSR count). The van der Waals surface area contributed by atoms with Crippen LogP contribution in [-0.2, 0) is 4.74 Å². The van der Waals surface area contributed by atoms with E-state index >= 15 is 0 Å². The Kier molecular flexibility index (Phi) is 2.61. The third-order valence-electron chi connectivity index (χ3n) is 2.32. The zero-order valence-electron chi connectivity index (χ0n) is 8.48. The van der Waals surface area contributed by atoms with Gasteiger partial charge in [0.05, 0.1) is 0 Å². The van der Waals surface area contributed by atoms with Gasteiger partial charge < -0.3 is 4.74 Å². The molecule has 68 valence electrons. The summed E-state index contributed by atoms with van der Waals surface area (Å²) in [6.45, 7) is 13.5. The van der Waals surface area contributed by atoms with Gasteiger partial charge in [0, 0.05) is 0 Å². The predicted molar refractivity (Wildman–Crippen MR) is 51.8 cm³/mol. The molecule has 0 aromatic heterocycles. The molecule has 0 fully saturated rings. The van der Waals surface area contributed by atoms with Gasteiger partial charge in [-0.2, -0.15) is 0 Å². The van der Waals surface area contributed by atoms with E-state index in [9.17, 15) is 0 Å². The first-order chi connectivity index (χ1) is 5.54. The number of hydrogen-bond acceptors (Lipinski definition) is 1. The molecule has 0 spiro atoms. The Hall–Kier alpha value is -0.720. The lowest BCUT2D eigenvalue weighted by Crippen LogP contribution is -2.01. The molecule has 0 unspecified atom stereocenters. The third kappa shape index (κ3) is 1.55. The summed E-state index contributed by atoms with van der Waals surface area (Å²) in [5.41, 5.74) is 2.76. The minimum Gasteiger partial charge on any atom is -0.490 e. The van der Waals surface area contributed by atoms with Gasteiger partial charge in [-0.05, 0) is 23.0 Å². The monoisotopic (exact) mass is 166 g/mol. The molecule has 0 saturated heterocycles. The molecule has 0 N–H and O–H groups in total. The molecule has 0 radical (unpaired) electrons. The van der Waals surface area contributed by atoms with Crippen molar-refractivity contribution < 1.29 is 4.74 Å². The summed E-state index contributed by atoms with van der Waals surface area (Å²) in [6, 6.07) is 0. The molecule has 0 bridgehead atoms. The number of ether oxygens (including phenoxy) is 1. The first-order valence-electron chi connectivity index (χ1n) is 4.59. The van der Waals surface area contributed by atoms with Crippen LogP contribution in [0, 0.1) is 11.8 Å². The lowest BCUT2D eigenvalue weighted by Gasteiger charge is -2.10. The standard InChI is InChI=1S/C11H18O/c1-7(2)10-6-12-9(5)11(10)8(3)4/h7-8H,5-6H2,1-4H3. The van der Waals surface area contributed by atoms with E-state index in [4.69, 9.17) is 4.74 Å². The molecule has 0 saturated carbocycles. The van der Waals surface area contributed by atoms with E-state index in [0.717, 1.165) is 12.4 Å². The van der Waals surface area contributed by atoms with Crippen molar-refractivity contribution in [2.45, 2.75) is 27.7 Å². The topological polar surface area (TPSA) is 9.23 Å². The van der Waals surface area contributed by atoms with E-state index in [0.29, 0.717) is 11.8 Å². The first kappa shape index (κ1) is 9.37. The Bertz CT molecular complexity index is 221. The second-order valence-corrected chi connectivity index (χ2v) is 3.96. The average Bonchev–Trinajstić information content (AvgIpc) is 2.30. The van der Waals surface area contributed by atoms with Crippen molar-refractivity contribution in [2.24, 2.45) is 11.8 Å². The Balaban J connectivity index is 2.98. The van der Waals surface area contributed by atoms with Crippen molar-refractivity contribution in [1.82, 2.24) is 0 Å². The van der Waals surface area contributed by atoms with Crippen LogP contribution in [0.4, 0.5) is 0 Å². The fraction of sp³-hybridized carbons (Fsp3) is 0.636. The molecule has 0 atom stereocenters. The van der Waals surface area contributed by atoms with Gasteiger partial charge in [0.2, 0.25) is 0 Å². The zero-order valence-corrected chi connectivity index (χ0v) is 8.48. The Morgan fingerprint density at radius 2 is 1.75 bits per heavy atom. The molecule has 1 aliphatic rings. The molecule has 1 aliphatic heterocycles. The summed E-state index contributed by atoms with van der Waals surface area (Å²) in [5.74, 6) is 2.01. The molecule has 0 amide bonds. The van der Waals surface area contributed by atoms with Gasteiger partial charge in [0.25, 0.3) is 0 Å². The molecular weight excluding hydrogens is 148 g/mol. The van der Waals surface area contributed by atoms with Gasteiger partial charge >= 0.3 is 0 Å². The van der Waals surface area contributed by atoms with Crippen LogP contribution in [-0.4, -0.2) is 6.61 Å². The van der Waals surface area contributed by atoms with Crippen molar-refractivity contribution in [3.63, 3.8) is 0 Å². The average molecular weight is 166 g/mol. The first-order valence-corrected chi connectivity index (χ1v) is 4.59. The highest BCUT2D eigenvalue weighted by molar-refractivity contribution is 5.36. The molecule has 0 aromatic rings. The highest BCUT2D eigenvalue weighted by Gasteiger charge is 2.23. The van der Waals surface area contributed by atoms with E-state index in [-0.39, 0.29) is 0 Å². The van der Waals surface area contributed by atoms with Crippen molar-refractivity contribution in [3.8, 4) is 0 Å². The molecule has 1 heterocycles. The quantitative estimate of drug-likeness (QED) is 0.612. The van der Waals surface area contributed by atoms with Gasteiger partial charge in [0.15, 0.2) is 0 Å². The van der Waals surface area contributed by atoms with Crippen LogP contribution in [0.2, 0.25) is 0 Å². The lowest BCUT2D eigenvalue weighted by molar-refractivity contribution is 0.264. The molecule has 0 aliphatic carbocycles.